The van der Waals surface area contributed by atoms with Crippen LogP contribution in [-0.4, -0.2) is 22.9 Å². The molecular formula is C14H21NO. The van der Waals surface area contributed by atoms with E-state index in [1.54, 1.807) is 0 Å². The van der Waals surface area contributed by atoms with E-state index in [0.29, 0.717) is 5.91 Å². The van der Waals surface area contributed by atoms with Gasteiger partial charge in [0, 0.05) is 13.0 Å². The minimum absolute atomic E-state index is 0.182. The van der Waals surface area contributed by atoms with Crippen LogP contribution in [0.15, 0.2) is 11.6 Å². The number of hydrogen-bond donors (Lipinski definition) is 0. The fourth-order valence-corrected chi connectivity index (χ4v) is 4.30. The van der Waals surface area contributed by atoms with Gasteiger partial charge in [0.2, 0.25) is 5.91 Å². The maximum atomic E-state index is 12.2. The largest absolute Gasteiger partial charge is 0.332 e. The Bertz CT molecular complexity index is 373. The molecule has 2 unspecified atom stereocenters. The molecular weight excluding hydrogens is 198 g/mol. The van der Waals surface area contributed by atoms with E-state index < -0.39 is 0 Å². The summed E-state index contributed by atoms with van der Waals surface area (Å²) in [5.41, 5.74) is 1.91. The zero-order valence-corrected chi connectivity index (χ0v) is 10.4. The van der Waals surface area contributed by atoms with E-state index >= 15 is 0 Å². The highest BCUT2D eigenvalue weighted by Gasteiger charge is 2.60. The van der Waals surface area contributed by atoms with Crippen molar-refractivity contribution in [3.63, 3.8) is 0 Å². The van der Waals surface area contributed by atoms with Gasteiger partial charge >= 0.3 is 0 Å². The molecule has 1 aliphatic carbocycles. The minimum atomic E-state index is 0.182. The van der Waals surface area contributed by atoms with E-state index in [1.165, 1.54) is 31.3 Å². The van der Waals surface area contributed by atoms with Gasteiger partial charge in [-0.3, -0.25) is 4.79 Å². The molecule has 1 saturated heterocycles. The number of nitrogens with zero attached hydrogens (tertiary/aromatic N) is 1. The molecule has 1 spiro atoms. The third kappa shape index (κ3) is 1.11. The Balaban J connectivity index is 2.08. The van der Waals surface area contributed by atoms with Crippen LogP contribution in [0.2, 0.25) is 0 Å². The van der Waals surface area contributed by atoms with Crippen LogP contribution in [0.5, 0.6) is 0 Å². The standard InChI is InChI=1S/C14H21NO/c1-11-5-8-15-12(16)10-13(2)6-3-4-7-14(13,15)9-11/h5H,3-4,6-10H2,1-2H3. The molecule has 2 aliphatic heterocycles. The van der Waals surface area contributed by atoms with Crippen molar-refractivity contribution in [3.05, 3.63) is 11.6 Å². The van der Waals surface area contributed by atoms with Gasteiger partial charge in [0.15, 0.2) is 0 Å². The van der Waals surface area contributed by atoms with Crippen molar-refractivity contribution in [2.24, 2.45) is 5.41 Å². The average molecular weight is 219 g/mol. The number of amides is 1. The fourth-order valence-electron chi connectivity index (χ4n) is 4.30. The van der Waals surface area contributed by atoms with Crippen molar-refractivity contribution < 1.29 is 4.79 Å². The van der Waals surface area contributed by atoms with Gasteiger partial charge in [-0.05, 0) is 31.6 Å². The van der Waals surface area contributed by atoms with Gasteiger partial charge in [0.25, 0.3) is 0 Å². The van der Waals surface area contributed by atoms with Crippen LogP contribution >= 0.6 is 0 Å². The van der Waals surface area contributed by atoms with Crippen molar-refractivity contribution in [1.29, 1.82) is 0 Å². The lowest BCUT2D eigenvalue weighted by molar-refractivity contribution is -0.131. The number of carbonyl (C=O) groups excluding carboxylic acids is 1. The first-order valence-electron chi connectivity index (χ1n) is 6.54. The highest BCUT2D eigenvalue weighted by Crippen LogP contribution is 2.58. The first-order valence-corrected chi connectivity index (χ1v) is 6.54. The lowest BCUT2D eigenvalue weighted by Crippen LogP contribution is -2.56. The van der Waals surface area contributed by atoms with Crippen molar-refractivity contribution in [3.8, 4) is 0 Å². The average Bonchev–Trinajstić information content (AvgIpc) is 2.45. The van der Waals surface area contributed by atoms with E-state index in [4.69, 9.17) is 0 Å². The predicted molar refractivity (Wildman–Crippen MR) is 64.0 cm³/mol. The van der Waals surface area contributed by atoms with Gasteiger partial charge in [-0.25, -0.2) is 0 Å². The Morgan fingerprint density at radius 2 is 2.00 bits per heavy atom. The van der Waals surface area contributed by atoms with E-state index in [9.17, 15) is 4.79 Å². The van der Waals surface area contributed by atoms with E-state index in [2.05, 4.69) is 24.8 Å². The summed E-state index contributed by atoms with van der Waals surface area (Å²) in [7, 11) is 0. The van der Waals surface area contributed by atoms with Crippen LogP contribution in [0.3, 0.4) is 0 Å². The molecule has 0 N–H and O–H groups in total. The molecule has 1 saturated carbocycles. The molecule has 1 amide bonds. The third-order valence-electron chi connectivity index (χ3n) is 5.25. The SMILES string of the molecule is CC1=CCN2C(=O)CC3(C)CCCCC23C1. The summed E-state index contributed by atoms with van der Waals surface area (Å²) >= 11 is 0. The second-order valence-electron chi connectivity index (χ2n) is 6.21. The molecule has 0 aromatic heterocycles. The van der Waals surface area contributed by atoms with Gasteiger partial charge < -0.3 is 4.90 Å². The van der Waals surface area contributed by atoms with Crippen LogP contribution in [-0.2, 0) is 4.79 Å². The molecule has 88 valence electrons. The van der Waals surface area contributed by atoms with Crippen LogP contribution in [0.25, 0.3) is 0 Å². The van der Waals surface area contributed by atoms with Gasteiger partial charge in [-0.2, -0.15) is 0 Å². The highest BCUT2D eigenvalue weighted by atomic mass is 16.2. The minimum Gasteiger partial charge on any atom is -0.332 e. The van der Waals surface area contributed by atoms with Crippen LogP contribution in [0.4, 0.5) is 0 Å². The van der Waals surface area contributed by atoms with Gasteiger partial charge in [-0.15, -0.1) is 0 Å². The Hall–Kier alpha value is -0.790. The van der Waals surface area contributed by atoms with Gasteiger partial charge in [0.05, 0.1) is 5.54 Å². The fraction of sp³-hybridized carbons (Fsp3) is 0.786. The van der Waals surface area contributed by atoms with Crippen LogP contribution < -0.4 is 0 Å². The first-order chi connectivity index (χ1) is 7.57. The van der Waals surface area contributed by atoms with Crippen molar-refractivity contribution in [2.45, 2.75) is 57.9 Å². The summed E-state index contributed by atoms with van der Waals surface area (Å²) in [6, 6.07) is 0. The first kappa shape index (κ1) is 10.4. The summed E-state index contributed by atoms with van der Waals surface area (Å²) < 4.78 is 0. The second-order valence-corrected chi connectivity index (χ2v) is 6.21. The van der Waals surface area contributed by atoms with Gasteiger partial charge in [-0.1, -0.05) is 31.4 Å². The smallest absolute Gasteiger partial charge is 0.223 e. The summed E-state index contributed by atoms with van der Waals surface area (Å²) in [5, 5.41) is 0. The summed E-state index contributed by atoms with van der Waals surface area (Å²) in [5.74, 6) is 0.396. The quantitative estimate of drug-likeness (QED) is 0.574. The van der Waals surface area contributed by atoms with E-state index in [0.717, 1.165) is 19.4 Å². The monoisotopic (exact) mass is 219 g/mol. The number of carbonyl (C=O) groups is 1. The molecule has 16 heavy (non-hydrogen) atoms. The summed E-state index contributed by atoms with van der Waals surface area (Å²) in [4.78, 5) is 14.4. The number of hydrogen-bond acceptors (Lipinski definition) is 1. The molecule has 2 atom stereocenters. The molecule has 2 nitrogen and oxygen atoms in total. The van der Waals surface area contributed by atoms with Crippen molar-refractivity contribution in [1.82, 2.24) is 4.90 Å². The molecule has 0 radical (unpaired) electrons. The molecule has 2 heteroatoms. The number of rotatable bonds is 0. The summed E-state index contributed by atoms with van der Waals surface area (Å²) in [6.45, 7) is 5.44. The highest BCUT2D eigenvalue weighted by molar-refractivity contribution is 5.82. The molecule has 3 rings (SSSR count). The Morgan fingerprint density at radius 1 is 1.25 bits per heavy atom. The molecule has 0 aromatic rings. The van der Waals surface area contributed by atoms with Gasteiger partial charge in [0.1, 0.15) is 0 Å². The molecule has 0 aromatic carbocycles. The maximum absolute atomic E-state index is 12.2. The molecule has 2 heterocycles. The van der Waals surface area contributed by atoms with E-state index in [-0.39, 0.29) is 11.0 Å². The maximum Gasteiger partial charge on any atom is 0.223 e. The third-order valence-corrected chi connectivity index (χ3v) is 5.25. The van der Waals surface area contributed by atoms with Crippen LogP contribution in [0.1, 0.15) is 52.4 Å². The van der Waals surface area contributed by atoms with Crippen molar-refractivity contribution >= 4 is 5.91 Å². The molecule has 0 bridgehead atoms. The predicted octanol–water partition coefficient (Wildman–Crippen LogP) is 2.89. The Morgan fingerprint density at radius 3 is 2.81 bits per heavy atom. The normalized spacial score (nSPS) is 42.8. The Kier molecular flexibility index (Phi) is 2.02. The Labute approximate surface area is 97.7 Å². The van der Waals surface area contributed by atoms with Crippen molar-refractivity contribution in [2.75, 3.05) is 6.54 Å². The second kappa shape index (κ2) is 3.12. The lowest BCUT2D eigenvalue weighted by atomic mass is 9.60. The lowest BCUT2D eigenvalue weighted by Gasteiger charge is -2.53. The topological polar surface area (TPSA) is 20.3 Å². The zero-order chi connectivity index (χ0) is 11.4. The summed E-state index contributed by atoms with van der Waals surface area (Å²) in [6.07, 6.45) is 9.21. The molecule has 3 aliphatic rings. The van der Waals surface area contributed by atoms with E-state index in [1.807, 2.05) is 0 Å². The molecule has 2 fully saturated rings. The van der Waals surface area contributed by atoms with Crippen LogP contribution in [0, 0.1) is 5.41 Å². The zero-order valence-electron chi connectivity index (χ0n) is 10.4.